The highest BCUT2D eigenvalue weighted by molar-refractivity contribution is 7.89. The second-order valence-corrected chi connectivity index (χ2v) is 6.42. The largest absolute Gasteiger partial charge is 0.356 e. The van der Waals surface area contributed by atoms with Crippen molar-refractivity contribution in [2.75, 3.05) is 13.1 Å². The lowest BCUT2D eigenvalue weighted by Gasteiger charge is -2.07. The fourth-order valence-electron chi connectivity index (χ4n) is 1.62. The Labute approximate surface area is 118 Å². The van der Waals surface area contributed by atoms with Gasteiger partial charge in [-0.1, -0.05) is 18.2 Å². The Hall–Kier alpha value is -1.44. The van der Waals surface area contributed by atoms with Crippen LogP contribution in [0.2, 0.25) is 0 Å². The third kappa shape index (κ3) is 4.92. The molecule has 110 valence electrons. The van der Waals surface area contributed by atoms with Crippen LogP contribution in [0.5, 0.6) is 0 Å². The van der Waals surface area contributed by atoms with Gasteiger partial charge < -0.3 is 10.2 Å². The lowest BCUT2D eigenvalue weighted by molar-refractivity contribution is -0.147. The van der Waals surface area contributed by atoms with Crippen LogP contribution >= 0.6 is 0 Å². The summed E-state index contributed by atoms with van der Waals surface area (Å²) in [6, 6.07) is 7.74. The van der Waals surface area contributed by atoms with E-state index in [1.807, 2.05) is 4.89 Å². The molecule has 1 fully saturated rings. The van der Waals surface area contributed by atoms with Crippen LogP contribution < -0.4 is 10.2 Å². The third-order valence-corrected chi connectivity index (χ3v) is 4.15. The van der Waals surface area contributed by atoms with Gasteiger partial charge in [0.2, 0.25) is 0 Å². The summed E-state index contributed by atoms with van der Waals surface area (Å²) in [4.78, 5) is 17.8. The van der Waals surface area contributed by atoms with Crippen molar-refractivity contribution in [1.82, 2.24) is 10.2 Å². The quantitative estimate of drug-likeness (QED) is 0.548. The van der Waals surface area contributed by atoms with E-state index >= 15 is 0 Å². The number of sulfonamides is 1. The molecule has 1 aliphatic rings. The molecule has 0 aliphatic heterocycles. The van der Waals surface area contributed by atoms with Gasteiger partial charge in [0.15, 0.2) is 0 Å². The summed E-state index contributed by atoms with van der Waals surface area (Å²) in [5.41, 5.74) is 0. The maximum Gasteiger partial charge on any atom is 0.327 e. The maximum atomic E-state index is 11.8. The topological polar surface area (TPSA) is 84.5 Å². The summed E-state index contributed by atoms with van der Waals surface area (Å²) < 4.78 is 23.5. The number of hydrogen-bond donors (Lipinski definition) is 2. The van der Waals surface area contributed by atoms with E-state index in [0.717, 1.165) is 12.5 Å². The van der Waals surface area contributed by atoms with E-state index in [1.54, 1.807) is 18.2 Å². The molecule has 0 aromatic heterocycles. The van der Waals surface area contributed by atoms with Gasteiger partial charge in [-0.05, 0) is 42.3 Å². The van der Waals surface area contributed by atoms with E-state index < -0.39 is 16.0 Å². The molecule has 0 atom stereocenters. The molecule has 20 heavy (non-hydrogen) atoms. The molecule has 1 aromatic carbocycles. The van der Waals surface area contributed by atoms with Crippen LogP contribution in [0.15, 0.2) is 35.2 Å². The second-order valence-electron chi connectivity index (χ2n) is 4.77. The summed E-state index contributed by atoms with van der Waals surface area (Å²) in [6.45, 7) is 1.39. The van der Waals surface area contributed by atoms with Crippen LogP contribution in [0.1, 0.15) is 19.3 Å². The van der Waals surface area contributed by atoms with E-state index in [9.17, 15) is 13.2 Å². The number of nitrogens with one attached hydrogen (secondary N) is 2. The first-order chi connectivity index (χ1) is 9.58. The Balaban J connectivity index is 1.69. The zero-order valence-electron chi connectivity index (χ0n) is 11.0. The van der Waals surface area contributed by atoms with E-state index in [-0.39, 0.29) is 11.3 Å². The zero-order valence-corrected chi connectivity index (χ0v) is 11.9. The summed E-state index contributed by atoms with van der Waals surface area (Å²) in [5.74, 6) is 0.135. The third-order valence-electron chi connectivity index (χ3n) is 2.95. The van der Waals surface area contributed by atoms with Crippen molar-refractivity contribution >= 4 is 16.0 Å². The summed E-state index contributed by atoms with van der Waals surface area (Å²) in [5, 5.41) is 3.13. The van der Waals surface area contributed by atoms with Gasteiger partial charge in [0.1, 0.15) is 0 Å². The minimum atomic E-state index is -3.80. The fraction of sp³-hybridized carbons (Fsp3) is 0.462. The van der Waals surface area contributed by atoms with Crippen molar-refractivity contribution in [2.45, 2.75) is 24.2 Å². The van der Waals surface area contributed by atoms with Crippen molar-refractivity contribution in [1.29, 1.82) is 0 Å². The Kier molecular flexibility index (Phi) is 5.11. The smallest absolute Gasteiger partial charge is 0.327 e. The van der Waals surface area contributed by atoms with Crippen molar-refractivity contribution < 1.29 is 18.0 Å². The van der Waals surface area contributed by atoms with Gasteiger partial charge in [0.25, 0.3) is 10.0 Å². The molecule has 2 N–H and O–H groups in total. The maximum absolute atomic E-state index is 11.8. The normalized spacial score (nSPS) is 15.0. The molecular formula is C13H18N2O4S. The van der Waals surface area contributed by atoms with Crippen LogP contribution in [0.3, 0.4) is 0 Å². The SMILES string of the molecule is O=C(CCNCC1CC1)ONS(=O)(=O)c1ccccc1. The van der Waals surface area contributed by atoms with Crippen molar-refractivity contribution in [3.63, 3.8) is 0 Å². The van der Waals surface area contributed by atoms with E-state index in [1.165, 1.54) is 25.0 Å². The molecule has 0 bridgehead atoms. The van der Waals surface area contributed by atoms with Crippen LogP contribution in [0, 0.1) is 5.92 Å². The molecule has 7 heteroatoms. The first-order valence-corrected chi connectivity index (χ1v) is 8.03. The van der Waals surface area contributed by atoms with Crippen molar-refractivity contribution in [2.24, 2.45) is 5.92 Å². The molecule has 0 heterocycles. The van der Waals surface area contributed by atoms with Gasteiger partial charge in [-0.2, -0.15) is 0 Å². The molecule has 0 spiro atoms. The second kappa shape index (κ2) is 6.83. The molecule has 0 saturated heterocycles. The predicted octanol–water partition coefficient (Wildman–Crippen LogP) is 0.813. The van der Waals surface area contributed by atoms with Crippen LogP contribution in [-0.2, 0) is 19.7 Å². The van der Waals surface area contributed by atoms with Gasteiger partial charge >= 0.3 is 5.97 Å². The Morgan fingerprint density at radius 2 is 1.95 bits per heavy atom. The Morgan fingerprint density at radius 3 is 2.60 bits per heavy atom. The molecule has 1 aliphatic carbocycles. The number of rotatable bonds is 8. The molecule has 1 aromatic rings. The van der Waals surface area contributed by atoms with Crippen LogP contribution in [0.25, 0.3) is 0 Å². The molecule has 6 nitrogen and oxygen atoms in total. The highest BCUT2D eigenvalue weighted by atomic mass is 32.2. The number of benzene rings is 1. The lowest BCUT2D eigenvalue weighted by atomic mass is 10.4. The van der Waals surface area contributed by atoms with Gasteiger partial charge in [0, 0.05) is 6.54 Å². The summed E-state index contributed by atoms with van der Waals surface area (Å²) in [7, 11) is -3.80. The average Bonchev–Trinajstić information content (AvgIpc) is 3.27. The number of carbonyl (C=O) groups excluding carboxylic acids is 1. The predicted molar refractivity (Wildman–Crippen MR) is 73.1 cm³/mol. The van der Waals surface area contributed by atoms with E-state index in [0.29, 0.717) is 6.54 Å². The van der Waals surface area contributed by atoms with Crippen molar-refractivity contribution in [3.05, 3.63) is 30.3 Å². The summed E-state index contributed by atoms with van der Waals surface area (Å²) >= 11 is 0. The zero-order chi connectivity index (χ0) is 14.4. The minimum absolute atomic E-state index is 0.0552. The van der Waals surface area contributed by atoms with Gasteiger partial charge in [-0.25, -0.2) is 8.42 Å². The number of hydrogen-bond acceptors (Lipinski definition) is 5. The van der Waals surface area contributed by atoms with E-state index in [4.69, 9.17) is 0 Å². The molecule has 0 unspecified atom stereocenters. The Bertz CT molecular complexity index is 541. The lowest BCUT2D eigenvalue weighted by Crippen LogP contribution is -2.29. The Morgan fingerprint density at radius 1 is 1.25 bits per heavy atom. The fourth-order valence-corrected chi connectivity index (χ4v) is 2.43. The first-order valence-electron chi connectivity index (χ1n) is 6.55. The molecule has 0 amide bonds. The minimum Gasteiger partial charge on any atom is -0.356 e. The average molecular weight is 298 g/mol. The van der Waals surface area contributed by atoms with Crippen molar-refractivity contribution in [3.8, 4) is 0 Å². The van der Waals surface area contributed by atoms with Gasteiger partial charge in [-0.3, -0.25) is 4.79 Å². The highest BCUT2D eigenvalue weighted by Crippen LogP contribution is 2.27. The summed E-state index contributed by atoms with van der Waals surface area (Å²) in [6.07, 6.45) is 2.62. The number of carbonyl (C=O) groups is 1. The monoisotopic (exact) mass is 298 g/mol. The molecule has 1 saturated carbocycles. The first kappa shape index (κ1) is 15.0. The highest BCUT2D eigenvalue weighted by Gasteiger charge is 2.20. The molecular weight excluding hydrogens is 280 g/mol. The molecule has 2 rings (SSSR count). The van der Waals surface area contributed by atoms with E-state index in [2.05, 4.69) is 10.2 Å². The molecule has 0 radical (unpaired) electrons. The standard InChI is InChI=1S/C13H18N2O4S/c16-13(8-9-14-10-11-6-7-11)19-15-20(17,18)12-4-2-1-3-5-12/h1-5,11,14-15H,6-10H2. The van der Waals surface area contributed by atoms with Gasteiger partial charge in [-0.15, -0.1) is 0 Å². The van der Waals surface area contributed by atoms with Crippen LogP contribution in [-0.4, -0.2) is 27.5 Å². The van der Waals surface area contributed by atoms with Gasteiger partial charge in [0.05, 0.1) is 11.3 Å². The van der Waals surface area contributed by atoms with Crippen LogP contribution in [0.4, 0.5) is 0 Å².